The molecule has 0 bridgehead atoms. The van der Waals surface area contributed by atoms with Crippen LogP contribution in [0.4, 0.5) is 13.6 Å². The van der Waals surface area contributed by atoms with Gasteiger partial charge in [-0.15, -0.1) is 0 Å². The molecular weight excluding hydrogens is 714 g/mol. The highest BCUT2D eigenvalue weighted by Crippen LogP contribution is 2.66. The normalized spacial score (nSPS) is 27.7. The van der Waals surface area contributed by atoms with E-state index in [1.54, 1.807) is 28.7 Å². The summed E-state index contributed by atoms with van der Waals surface area (Å²) in [5.74, 6) is -3.44. The summed E-state index contributed by atoms with van der Waals surface area (Å²) in [5.41, 5.74) is -0.340. The number of carbonyl (C=O) groups excluding carboxylic acids is 1. The lowest BCUT2D eigenvalue weighted by atomic mass is 10.1. The highest BCUT2D eigenvalue weighted by Gasteiger charge is 2.50. The predicted molar refractivity (Wildman–Crippen MR) is 132 cm³/mol. The second-order valence-corrected chi connectivity index (χ2v) is 13.9. The van der Waals surface area contributed by atoms with Crippen LogP contribution in [-0.4, -0.2) is 89.9 Å². The van der Waals surface area contributed by atoms with Crippen LogP contribution < -0.4 is 0 Å². The standard InChI is InChI=1S/C17H22F2IN2O14P3/c18-17(19,10-4-2-1-3-5-10)9-21-6-11(20)7-22(16(21)25)15-14(24)13(23)12(34-15)8-33-38(29,30)36-39(31,32)35-37(26,27)28/h1-5,7,12-15,23-24H,6,8-9H2,(H,29,30)(H,31,32)(H2,26,27,28)/t12-,13+,14?,15-/m1/s1. The van der Waals surface area contributed by atoms with Crippen LogP contribution in [0.1, 0.15) is 5.56 Å². The second kappa shape index (κ2) is 12.1. The number of benzene rings is 1. The summed E-state index contributed by atoms with van der Waals surface area (Å²) in [5, 5.41) is 20.7. The smallest absolute Gasteiger partial charge is 0.387 e. The molecule has 0 spiro atoms. The Kier molecular flexibility index (Phi) is 10.2. The Balaban J connectivity index is 1.68. The number of nitrogens with zero attached hydrogens (tertiary/aromatic N) is 2. The maximum atomic E-state index is 14.8. The quantitative estimate of drug-likeness (QED) is 0.140. The van der Waals surface area contributed by atoms with Gasteiger partial charge in [-0.1, -0.05) is 30.3 Å². The van der Waals surface area contributed by atoms with Gasteiger partial charge >= 0.3 is 29.5 Å². The van der Waals surface area contributed by atoms with Gasteiger partial charge in [0.05, 0.1) is 19.7 Å². The van der Waals surface area contributed by atoms with Crippen LogP contribution in [0.15, 0.2) is 40.1 Å². The maximum Gasteiger partial charge on any atom is 0.490 e. The first-order valence-corrected chi connectivity index (χ1v) is 16.1. The number of hydrogen-bond donors (Lipinski definition) is 6. The van der Waals surface area contributed by atoms with Crippen molar-refractivity contribution in [2.24, 2.45) is 0 Å². The second-order valence-electron chi connectivity index (χ2n) is 8.13. The first-order valence-electron chi connectivity index (χ1n) is 10.5. The molecule has 3 rings (SSSR count). The predicted octanol–water partition coefficient (Wildman–Crippen LogP) is 1.58. The van der Waals surface area contributed by atoms with Crippen molar-refractivity contribution < 1.29 is 74.9 Å². The van der Waals surface area contributed by atoms with Crippen molar-refractivity contribution in [3.8, 4) is 0 Å². The first-order chi connectivity index (χ1) is 17.8. The Hall–Kier alpha value is -0.890. The van der Waals surface area contributed by atoms with Crippen molar-refractivity contribution in [2.45, 2.75) is 30.5 Å². The molecule has 16 nitrogen and oxygen atoms in total. The topological polar surface area (TPSA) is 233 Å². The summed E-state index contributed by atoms with van der Waals surface area (Å²) in [6.45, 7) is -2.34. The van der Waals surface area contributed by atoms with E-state index in [9.17, 15) is 47.3 Å². The van der Waals surface area contributed by atoms with Crippen LogP contribution in [-0.2, 0) is 37.5 Å². The fourth-order valence-electron chi connectivity index (χ4n) is 3.55. The minimum Gasteiger partial charge on any atom is -0.387 e. The van der Waals surface area contributed by atoms with Crippen LogP contribution in [0, 0.1) is 0 Å². The van der Waals surface area contributed by atoms with E-state index in [2.05, 4.69) is 13.1 Å². The van der Waals surface area contributed by atoms with E-state index in [-0.39, 0.29) is 12.1 Å². The van der Waals surface area contributed by atoms with Gasteiger partial charge in [-0.2, -0.15) is 17.4 Å². The minimum atomic E-state index is -5.80. The number of aliphatic hydroxyl groups is 2. The van der Waals surface area contributed by atoms with Crippen molar-refractivity contribution in [3.63, 3.8) is 0 Å². The van der Waals surface area contributed by atoms with Gasteiger partial charge in [0.2, 0.25) is 0 Å². The molecule has 3 unspecified atom stereocenters. The van der Waals surface area contributed by atoms with E-state index in [0.29, 0.717) is 3.58 Å². The van der Waals surface area contributed by atoms with Gasteiger partial charge in [-0.25, -0.2) is 18.5 Å². The van der Waals surface area contributed by atoms with Gasteiger partial charge in [0, 0.05) is 15.3 Å². The van der Waals surface area contributed by atoms with Gasteiger partial charge in [0.1, 0.15) is 18.3 Å². The van der Waals surface area contributed by atoms with E-state index >= 15 is 0 Å². The molecule has 2 heterocycles. The zero-order valence-electron chi connectivity index (χ0n) is 19.2. The molecule has 1 aromatic rings. The van der Waals surface area contributed by atoms with Gasteiger partial charge in [0.15, 0.2) is 6.23 Å². The summed E-state index contributed by atoms with van der Waals surface area (Å²) in [4.78, 5) is 50.4. The Morgan fingerprint density at radius 1 is 1.03 bits per heavy atom. The average Bonchev–Trinajstić information content (AvgIpc) is 3.06. The number of urea groups is 1. The zero-order valence-corrected chi connectivity index (χ0v) is 24.1. The maximum absolute atomic E-state index is 14.8. The van der Waals surface area contributed by atoms with Gasteiger partial charge < -0.3 is 39.4 Å². The summed E-state index contributed by atoms with van der Waals surface area (Å²) in [6, 6.07) is 5.72. The molecule has 22 heteroatoms. The molecule has 6 N–H and O–H groups in total. The largest absolute Gasteiger partial charge is 0.490 e. The number of phosphoric acid groups is 3. The molecule has 2 aliphatic heterocycles. The molecule has 2 aliphatic rings. The molecule has 220 valence electrons. The lowest BCUT2D eigenvalue weighted by Gasteiger charge is -2.38. The van der Waals surface area contributed by atoms with E-state index < -0.39 is 73.1 Å². The Morgan fingerprint density at radius 2 is 1.64 bits per heavy atom. The SMILES string of the molecule is O=C1N(CC(F)(F)c2ccccc2)CC(I)=CN1[C@@H]1O[C@H](COP(=O)(O)OP(=O)(O)OP(=O)(O)O)[C@H](O)C1O. The van der Waals surface area contributed by atoms with Crippen molar-refractivity contribution in [3.05, 3.63) is 45.7 Å². The van der Waals surface area contributed by atoms with Crippen LogP contribution >= 0.6 is 46.1 Å². The average molecular weight is 736 g/mol. The fourth-order valence-corrected chi connectivity index (χ4v) is 7.29. The molecule has 1 fully saturated rings. The van der Waals surface area contributed by atoms with E-state index in [4.69, 9.17) is 14.5 Å². The molecule has 2 amide bonds. The van der Waals surface area contributed by atoms with E-state index in [1.807, 2.05) is 0 Å². The molecular formula is C17H22F2IN2O14P3. The molecule has 1 aromatic carbocycles. The fraction of sp³-hybridized carbons (Fsp3) is 0.471. The third-order valence-electron chi connectivity index (χ3n) is 5.13. The van der Waals surface area contributed by atoms with Gasteiger partial charge in [-0.05, 0) is 22.6 Å². The molecule has 0 aliphatic carbocycles. The molecule has 0 saturated carbocycles. The third-order valence-corrected chi connectivity index (χ3v) is 9.55. The zero-order chi connectivity index (χ0) is 29.4. The molecule has 6 atom stereocenters. The number of amides is 2. The monoisotopic (exact) mass is 736 g/mol. The van der Waals surface area contributed by atoms with Crippen LogP contribution in [0.25, 0.3) is 0 Å². The first kappa shape index (κ1) is 32.6. The van der Waals surface area contributed by atoms with Crippen LogP contribution in [0.5, 0.6) is 0 Å². The highest BCUT2D eigenvalue weighted by atomic mass is 127. The number of rotatable bonds is 11. The van der Waals surface area contributed by atoms with E-state index in [1.165, 1.54) is 30.5 Å². The Morgan fingerprint density at radius 3 is 2.23 bits per heavy atom. The summed E-state index contributed by atoms with van der Waals surface area (Å²) in [6.07, 6.45) is -5.93. The summed E-state index contributed by atoms with van der Waals surface area (Å²) < 4.78 is 81.0. The number of alkyl halides is 2. The Bertz CT molecular complexity index is 1240. The van der Waals surface area contributed by atoms with Crippen molar-refractivity contribution >= 4 is 52.1 Å². The minimum absolute atomic E-state index is 0.195. The lowest BCUT2D eigenvalue weighted by molar-refractivity contribution is -0.0760. The number of ether oxygens (including phenoxy) is 1. The van der Waals surface area contributed by atoms with Crippen molar-refractivity contribution in [1.82, 2.24) is 9.80 Å². The number of carbonyl (C=O) groups is 1. The number of phosphoric ester groups is 1. The number of halogens is 3. The third kappa shape index (κ3) is 8.80. The Labute approximate surface area is 232 Å². The number of aliphatic hydroxyl groups excluding tert-OH is 2. The number of hydrogen-bond acceptors (Lipinski definition) is 10. The van der Waals surface area contributed by atoms with Crippen LogP contribution in [0.2, 0.25) is 0 Å². The molecule has 1 saturated heterocycles. The van der Waals surface area contributed by atoms with Crippen molar-refractivity contribution in [1.29, 1.82) is 0 Å². The summed E-state index contributed by atoms with van der Waals surface area (Å²) in [7, 11) is -17.0. The van der Waals surface area contributed by atoms with Crippen LogP contribution in [0.3, 0.4) is 0 Å². The van der Waals surface area contributed by atoms with Crippen molar-refractivity contribution in [2.75, 3.05) is 19.7 Å². The molecule has 0 aromatic heterocycles. The van der Waals surface area contributed by atoms with E-state index in [0.717, 1.165) is 9.80 Å². The molecule has 0 radical (unpaired) electrons. The highest BCUT2D eigenvalue weighted by molar-refractivity contribution is 14.1. The molecule has 39 heavy (non-hydrogen) atoms. The summed E-state index contributed by atoms with van der Waals surface area (Å²) >= 11 is 1.77. The lowest BCUT2D eigenvalue weighted by Crippen LogP contribution is -2.54. The van der Waals surface area contributed by atoms with Gasteiger partial charge in [0.25, 0.3) is 5.92 Å². The van der Waals surface area contributed by atoms with Gasteiger partial charge in [-0.3, -0.25) is 9.42 Å².